The van der Waals surface area contributed by atoms with Crippen LogP contribution in [0.5, 0.6) is 0 Å². The molecule has 2 N–H and O–H groups in total. The molecular formula is C21H10Cl2F6N8OS. The van der Waals surface area contributed by atoms with Crippen molar-refractivity contribution in [2.45, 2.75) is 16.6 Å². The van der Waals surface area contributed by atoms with Crippen molar-refractivity contribution in [1.29, 1.82) is 10.5 Å². The van der Waals surface area contributed by atoms with Crippen molar-refractivity contribution in [2.24, 2.45) is 0 Å². The minimum atomic E-state index is -4.84. The van der Waals surface area contributed by atoms with E-state index in [9.17, 15) is 36.4 Å². The van der Waals surface area contributed by atoms with Gasteiger partial charge in [0.05, 0.1) is 26.2 Å². The lowest BCUT2D eigenvalue weighted by Gasteiger charge is -2.15. The summed E-state index contributed by atoms with van der Waals surface area (Å²) in [6.45, 7) is 0. The molecule has 9 nitrogen and oxygen atoms in total. The fourth-order valence-corrected chi connectivity index (χ4v) is 4.38. The van der Waals surface area contributed by atoms with E-state index in [4.69, 9.17) is 34.2 Å². The molecule has 0 aliphatic heterocycles. The van der Waals surface area contributed by atoms with Crippen molar-refractivity contribution < 1.29 is 31.1 Å². The van der Waals surface area contributed by atoms with E-state index in [2.05, 4.69) is 9.97 Å². The maximum absolute atomic E-state index is 12.8. The number of benzene rings is 1. The van der Waals surface area contributed by atoms with Gasteiger partial charge in [-0.05, 0) is 23.9 Å². The number of imidazole rings is 2. The minimum absolute atomic E-state index is 0.190. The van der Waals surface area contributed by atoms with Crippen molar-refractivity contribution in [3.05, 3.63) is 76.4 Å². The number of hydrogen-bond donors (Lipinski definition) is 1. The first-order chi connectivity index (χ1) is 18.2. The van der Waals surface area contributed by atoms with Crippen LogP contribution in [0.3, 0.4) is 0 Å². The molecular weight excluding hydrogens is 597 g/mol. The highest BCUT2D eigenvalue weighted by molar-refractivity contribution is 8.00. The van der Waals surface area contributed by atoms with Crippen LogP contribution in [0.2, 0.25) is 10.0 Å². The normalized spacial score (nSPS) is 11.3. The van der Waals surface area contributed by atoms with E-state index in [1.807, 2.05) is 0 Å². The van der Waals surface area contributed by atoms with Gasteiger partial charge in [0.25, 0.3) is 0 Å². The van der Waals surface area contributed by atoms with Crippen LogP contribution in [0.25, 0.3) is 5.69 Å². The molecule has 0 amide bonds. The third-order valence-electron chi connectivity index (χ3n) is 4.61. The molecule has 0 bridgehead atoms. The molecule has 0 aliphatic carbocycles. The number of thioether (sulfide) groups is 1. The van der Waals surface area contributed by atoms with Crippen molar-refractivity contribution in [1.82, 2.24) is 23.7 Å². The molecule has 3 aromatic heterocycles. The van der Waals surface area contributed by atoms with E-state index in [-0.39, 0.29) is 6.03 Å². The highest BCUT2D eigenvalue weighted by Gasteiger charge is 2.37. The number of anilines is 1. The third kappa shape index (κ3) is 6.48. The van der Waals surface area contributed by atoms with E-state index in [1.165, 1.54) is 33.9 Å². The molecule has 39 heavy (non-hydrogen) atoms. The van der Waals surface area contributed by atoms with Gasteiger partial charge in [-0.1, -0.05) is 23.2 Å². The predicted octanol–water partition coefficient (Wildman–Crippen LogP) is 6.34. The monoisotopic (exact) mass is 606 g/mol. The lowest BCUT2D eigenvalue weighted by Crippen LogP contribution is -2.15. The van der Waals surface area contributed by atoms with Crippen LogP contribution in [0, 0.1) is 22.7 Å². The Bertz CT molecular complexity index is 1520. The number of hydrogen-bond acceptors (Lipinski definition) is 7. The molecule has 0 spiro atoms. The minimum Gasteiger partial charge on any atom is -0.384 e. The van der Waals surface area contributed by atoms with Gasteiger partial charge in [-0.15, -0.1) is 0 Å². The second-order valence-corrected chi connectivity index (χ2v) is 8.94. The van der Waals surface area contributed by atoms with Crippen molar-refractivity contribution in [3.8, 4) is 17.8 Å². The molecule has 0 radical (unpaired) electrons. The first-order valence-corrected chi connectivity index (χ1v) is 11.4. The largest absolute Gasteiger partial charge is 0.446 e. The number of rotatable bonds is 2. The lowest BCUT2D eigenvalue weighted by molar-refractivity contribution is -0.137. The number of nitrogens with zero attached hydrogens (tertiary/aromatic N) is 7. The summed E-state index contributed by atoms with van der Waals surface area (Å²) in [7, 11) is 0. The second-order valence-electron chi connectivity index (χ2n) is 7.05. The summed E-state index contributed by atoms with van der Waals surface area (Å²) >= 11 is 10.9. The smallest absolute Gasteiger partial charge is 0.384 e. The number of nitrogen functional groups attached to an aromatic ring is 1. The summed E-state index contributed by atoms with van der Waals surface area (Å²) in [6.07, 6.45) is 4.38. The van der Waals surface area contributed by atoms with Gasteiger partial charge >= 0.3 is 17.7 Å². The molecule has 1 aromatic carbocycles. The van der Waals surface area contributed by atoms with Crippen LogP contribution >= 0.6 is 35.0 Å². The number of aromatic nitrogens is 5. The SMILES string of the molecule is N#Cc1c(SC(F)(F)F)c(N)n(-c2c(Cl)cc(C(F)(F)F)cc2Cl)c1C#N.O=C(n1ccnc1)n1ccnc1. The summed E-state index contributed by atoms with van der Waals surface area (Å²) < 4.78 is 80.2. The van der Waals surface area contributed by atoms with Crippen LogP contribution in [0.4, 0.5) is 37.0 Å². The first-order valence-electron chi connectivity index (χ1n) is 9.87. The number of nitrogens with two attached hydrogens (primary N) is 1. The van der Waals surface area contributed by atoms with Crippen molar-refractivity contribution in [2.75, 3.05) is 5.73 Å². The van der Waals surface area contributed by atoms with Crippen molar-refractivity contribution in [3.63, 3.8) is 0 Å². The summed E-state index contributed by atoms with van der Waals surface area (Å²) in [4.78, 5) is 18.2. The molecule has 0 aliphatic rings. The topological polar surface area (TPSA) is 131 Å². The highest BCUT2D eigenvalue weighted by atomic mass is 35.5. The van der Waals surface area contributed by atoms with E-state index in [1.54, 1.807) is 24.8 Å². The van der Waals surface area contributed by atoms with Crippen LogP contribution in [0.15, 0.2) is 54.5 Å². The van der Waals surface area contributed by atoms with Gasteiger partial charge in [-0.2, -0.15) is 36.9 Å². The number of alkyl halides is 6. The van der Waals surface area contributed by atoms with Gasteiger partial charge in [0, 0.05) is 24.8 Å². The Morgan fingerprint density at radius 2 is 1.46 bits per heavy atom. The van der Waals surface area contributed by atoms with Gasteiger partial charge in [0.1, 0.15) is 41.9 Å². The molecule has 0 saturated carbocycles. The van der Waals surface area contributed by atoms with Crippen LogP contribution in [0.1, 0.15) is 16.8 Å². The number of carbonyl (C=O) groups excluding carboxylic acids is 1. The van der Waals surface area contributed by atoms with Crippen LogP contribution < -0.4 is 5.73 Å². The molecule has 4 rings (SSSR count). The molecule has 0 saturated heterocycles. The average Bonchev–Trinajstić information content (AvgIpc) is 3.60. The Kier molecular flexibility index (Phi) is 8.54. The fraction of sp³-hybridized carbons (Fsp3) is 0.0952. The molecule has 0 unspecified atom stereocenters. The third-order valence-corrected chi connectivity index (χ3v) is 6.04. The quantitative estimate of drug-likeness (QED) is 0.208. The van der Waals surface area contributed by atoms with E-state index in [0.717, 1.165) is 0 Å². The Morgan fingerprint density at radius 3 is 1.82 bits per heavy atom. The second kappa shape index (κ2) is 11.3. The summed E-state index contributed by atoms with van der Waals surface area (Å²) in [5.74, 6) is -0.714. The van der Waals surface area contributed by atoms with Gasteiger partial charge in [-0.3, -0.25) is 13.7 Å². The highest BCUT2D eigenvalue weighted by Crippen LogP contribution is 2.46. The fourth-order valence-electron chi connectivity index (χ4n) is 3.05. The number of carbonyl (C=O) groups is 1. The Hall–Kier alpha value is -4.12. The molecule has 18 heteroatoms. The summed E-state index contributed by atoms with van der Waals surface area (Å²) in [5, 5.41) is 17.1. The number of nitriles is 2. The van der Waals surface area contributed by atoms with Crippen molar-refractivity contribution >= 4 is 46.8 Å². The molecule has 3 heterocycles. The Morgan fingerprint density at radius 1 is 0.949 bits per heavy atom. The summed E-state index contributed by atoms with van der Waals surface area (Å²) in [6, 6.07) is 3.70. The van der Waals surface area contributed by atoms with E-state index >= 15 is 0 Å². The Labute approximate surface area is 228 Å². The van der Waals surface area contributed by atoms with Crippen LogP contribution in [-0.4, -0.2) is 35.2 Å². The van der Waals surface area contributed by atoms with E-state index in [0.29, 0.717) is 16.7 Å². The standard InChI is InChI=1S/C14H4Cl2F6N4S.C7H6N4O/c15-7-1-5(13(17,18)19)2-8(16)10(7)26-9(4-24)6(3-23)11(12(26)25)27-14(20,21)22;12-7(10-3-1-8-5-10)11-4-2-9-6-11/h1-2H,25H2;1-6H. The lowest BCUT2D eigenvalue weighted by atomic mass is 10.2. The number of halogens is 8. The predicted molar refractivity (Wildman–Crippen MR) is 127 cm³/mol. The van der Waals surface area contributed by atoms with Gasteiger partial charge in [-0.25, -0.2) is 14.8 Å². The zero-order valence-electron chi connectivity index (χ0n) is 18.7. The zero-order chi connectivity index (χ0) is 29.1. The Balaban J connectivity index is 0.000000289. The molecule has 0 atom stereocenters. The maximum Gasteiger partial charge on any atom is 0.446 e. The first kappa shape index (κ1) is 29.4. The van der Waals surface area contributed by atoms with E-state index < -0.39 is 66.7 Å². The molecule has 4 aromatic rings. The van der Waals surface area contributed by atoms with Gasteiger partial charge < -0.3 is 5.73 Å². The van der Waals surface area contributed by atoms with Gasteiger partial charge in [0.15, 0.2) is 0 Å². The van der Waals surface area contributed by atoms with Gasteiger partial charge in [0.2, 0.25) is 0 Å². The molecule has 0 fully saturated rings. The zero-order valence-corrected chi connectivity index (χ0v) is 21.0. The maximum atomic E-state index is 12.8. The average molecular weight is 607 g/mol. The summed E-state index contributed by atoms with van der Waals surface area (Å²) in [5.41, 5.74) is -2.20. The van der Waals surface area contributed by atoms with Crippen LogP contribution in [-0.2, 0) is 6.18 Å². The molecule has 202 valence electrons.